The molecular weight excluding hydrogens is 468 g/mol. The highest BCUT2D eigenvalue weighted by molar-refractivity contribution is 9.11. The van der Waals surface area contributed by atoms with Gasteiger partial charge in [-0.15, -0.1) is 0 Å². The van der Waals surface area contributed by atoms with Crippen LogP contribution in [0.4, 0.5) is 0 Å². The number of hydrogen-bond donors (Lipinski definition) is 2. The molecule has 0 fully saturated rings. The average molecular weight is 486 g/mol. The second-order valence-corrected chi connectivity index (χ2v) is 7.00. The summed E-state index contributed by atoms with van der Waals surface area (Å²) in [6.45, 7) is 1.58. The molecule has 0 aromatic heterocycles. The van der Waals surface area contributed by atoms with Crippen LogP contribution in [0.5, 0.6) is 11.5 Å². The molecule has 0 radical (unpaired) electrons. The predicted molar refractivity (Wildman–Crippen MR) is 105 cm³/mol. The van der Waals surface area contributed by atoms with E-state index in [0.717, 1.165) is 4.47 Å². The van der Waals surface area contributed by atoms with Gasteiger partial charge in [-0.05, 0) is 52.7 Å². The number of rotatable bonds is 7. The molecule has 138 valence electrons. The molecule has 1 atom stereocenters. The Labute approximate surface area is 168 Å². The van der Waals surface area contributed by atoms with Gasteiger partial charge in [0.2, 0.25) is 0 Å². The van der Waals surface area contributed by atoms with E-state index in [0.29, 0.717) is 22.4 Å². The number of carbonyl (C=O) groups excluding carboxylic acids is 2. The Kier molecular flexibility index (Phi) is 7.93. The number of halogens is 2. The summed E-state index contributed by atoms with van der Waals surface area (Å²) in [7, 11) is 0. The Morgan fingerprint density at radius 2 is 1.81 bits per heavy atom. The lowest BCUT2D eigenvalue weighted by atomic mass is 10.2. The van der Waals surface area contributed by atoms with Gasteiger partial charge < -0.3 is 9.47 Å². The van der Waals surface area contributed by atoms with E-state index in [-0.39, 0.29) is 6.61 Å². The lowest BCUT2D eigenvalue weighted by molar-refractivity contribution is -0.134. The third-order valence-corrected chi connectivity index (χ3v) is 4.38. The fraction of sp³-hybridized carbons (Fsp3) is 0.222. The molecule has 2 rings (SSSR count). The van der Waals surface area contributed by atoms with Crippen LogP contribution < -0.4 is 20.3 Å². The first kappa shape index (κ1) is 20.3. The molecule has 8 heteroatoms. The normalized spacial score (nSPS) is 11.3. The molecule has 26 heavy (non-hydrogen) atoms. The average Bonchev–Trinajstić information content (AvgIpc) is 2.64. The number of para-hydroxylation sites is 1. The zero-order valence-corrected chi connectivity index (χ0v) is 17.2. The van der Waals surface area contributed by atoms with E-state index >= 15 is 0 Å². The van der Waals surface area contributed by atoms with Gasteiger partial charge in [0, 0.05) is 4.47 Å². The summed E-state index contributed by atoms with van der Waals surface area (Å²) in [5, 5.41) is 0. The predicted octanol–water partition coefficient (Wildman–Crippen LogP) is 3.60. The van der Waals surface area contributed by atoms with Crippen LogP contribution in [-0.2, 0) is 9.59 Å². The van der Waals surface area contributed by atoms with Gasteiger partial charge in [0.25, 0.3) is 11.8 Å². The Balaban J connectivity index is 1.79. The molecule has 2 amide bonds. The van der Waals surface area contributed by atoms with Gasteiger partial charge >= 0.3 is 0 Å². The van der Waals surface area contributed by atoms with E-state index in [2.05, 4.69) is 42.7 Å². The molecule has 0 saturated carbocycles. The first-order valence-electron chi connectivity index (χ1n) is 7.88. The molecule has 0 saturated heterocycles. The Morgan fingerprint density at radius 3 is 2.46 bits per heavy atom. The summed E-state index contributed by atoms with van der Waals surface area (Å²) in [5.41, 5.74) is 4.67. The van der Waals surface area contributed by atoms with Crippen molar-refractivity contribution < 1.29 is 19.1 Å². The molecule has 0 aliphatic heterocycles. The molecule has 0 spiro atoms. The van der Waals surface area contributed by atoms with Crippen LogP contribution in [0.3, 0.4) is 0 Å². The number of nitrogens with one attached hydrogen (secondary N) is 2. The zero-order chi connectivity index (χ0) is 18.9. The zero-order valence-electron chi connectivity index (χ0n) is 14.0. The number of amides is 2. The number of benzene rings is 2. The summed E-state index contributed by atoms with van der Waals surface area (Å²) in [6, 6.07) is 14.3. The van der Waals surface area contributed by atoms with E-state index < -0.39 is 17.9 Å². The summed E-state index contributed by atoms with van der Waals surface area (Å²) in [4.78, 5) is 24.0. The van der Waals surface area contributed by atoms with E-state index in [4.69, 9.17) is 9.47 Å². The van der Waals surface area contributed by atoms with Gasteiger partial charge in [0.15, 0.2) is 12.7 Å². The molecule has 0 bridgehead atoms. The van der Waals surface area contributed by atoms with Gasteiger partial charge in [-0.2, -0.15) is 0 Å². The Bertz CT molecular complexity index is 756. The molecule has 1 unspecified atom stereocenters. The van der Waals surface area contributed by atoms with Gasteiger partial charge in [0.05, 0.1) is 4.47 Å². The second-order valence-electron chi connectivity index (χ2n) is 5.23. The van der Waals surface area contributed by atoms with Crippen LogP contribution in [-0.4, -0.2) is 24.5 Å². The molecule has 2 aromatic rings. The number of hydrazine groups is 1. The minimum atomic E-state index is -0.709. The quantitative estimate of drug-likeness (QED) is 0.587. The van der Waals surface area contributed by atoms with Crippen LogP contribution >= 0.6 is 31.9 Å². The molecular formula is C18H18Br2N2O4. The molecule has 6 nitrogen and oxygen atoms in total. The topological polar surface area (TPSA) is 76.7 Å². The lowest BCUT2D eigenvalue weighted by Crippen LogP contribution is -2.49. The van der Waals surface area contributed by atoms with Crippen LogP contribution in [0.1, 0.15) is 13.3 Å². The summed E-state index contributed by atoms with van der Waals surface area (Å²) >= 11 is 6.68. The smallest absolute Gasteiger partial charge is 0.279 e. The van der Waals surface area contributed by atoms with Crippen molar-refractivity contribution in [2.45, 2.75) is 19.4 Å². The van der Waals surface area contributed by atoms with Gasteiger partial charge in [0.1, 0.15) is 11.5 Å². The van der Waals surface area contributed by atoms with Crippen molar-refractivity contribution in [3.63, 3.8) is 0 Å². The first-order chi connectivity index (χ1) is 12.5. The van der Waals surface area contributed by atoms with Crippen molar-refractivity contribution >= 4 is 43.7 Å². The van der Waals surface area contributed by atoms with E-state index in [9.17, 15) is 9.59 Å². The van der Waals surface area contributed by atoms with Crippen molar-refractivity contribution in [1.29, 1.82) is 0 Å². The third-order valence-electron chi connectivity index (χ3n) is 3.26. The van der Waals surface area contributed by atoms with Gasteiger partial charge in [-0.1, -0.05) is 41.1 Å². The van der Waals surface area contributed by atoms with Crippen molar-refractivity contribution in [3.8, 4) is 11.5 Å². The molecule has 0 heterocycles. The maximum atomic E-state index is 12.1. The minimum Gasteiger partial charge on any atom is -0.483 e. The molecule has 2 aromatic carbocycles. The van der Waals surface area contributed by atoms with Crippen molar-refractivity contribution in [1.82, 2.24) is 10.9 Å². The maximum Gasteiger partial charge on any atom is 0.279 e. The molecule has 2 N–H and O–H groups in total. The fourth-order valence-corrected chi connectivity index (χ4v) is 3.13. The summed E-state index contributed by atoms with van der Waals surface area (Å²) in [5.74, 6) is 0.190. The van der Waals surface area contributed by atoms with Crippen molar-refractivity contribution in [2.75, 3.05) is 6.61 Å². The first-order valence-corrected chi connectivity index (χ1v) is 9.46. The summed E-state index contributed by atoms with van der Waals surface area (Å²) < 4.78 is 12.6. The standard InChI is InChI=1S/C18H18Br2N2O4/c1-2-15(26-13-6-4-3-5-7-13)18(24)22-21-17(23)11-25-16-9-8-12(19)10-14(16)20/h3-10,15H,2,11H2,1H3,(H,21,23)(H,22,24). The van der Waals surface area contributed by atoms with Crippen LogP contribution in [0.2, 0.25) is 0 Å². The lowest BCUT2D eigenvalue weighted by Gasteiger charge is -2.17. The monoisotopic (exact) mass is 484 g/mol. The van der Waals surface area contributed by atoms with E-state index in [1.54, 1.807) is 24.3 Å². The Hall–Kier alpha value is -2.06. The SMILES string of the molecule is CCC(Oc1ccccc1)C(=O)NNC(=O)COc1ccc(Br)cc1Br. The van der Waals surface area contributed by atoms with Crippen molar-refractivity contribution in [2.24, 2.45) is 0 Å². The third kappa shape index (κ3) is 6.34. The highest BCUT2D eigenvalue weighted by Crippen LogP contribution is 2.28. The number of ether oxygens (including phenoxy) is 2. The fourth-order valence-electron chi connectivity index (χ4n) is 1.97. The molecule has 0 aliphatic rings. The minimum absolute atomic E-state index is 0.239. The van der Waals surface area contributed by atoms with Crippen molar-refractivity contribution in [3.05, 3.63) is 57.5 Å². The van der Waals surface area contributed by atoms with Gasteiger partial charge in [-0.25, -0.2) is 0 Å². The maximum absolute atomic E-state index is 12.1. The second kappa shape index (κ2) is 10.2. The van der Waals surface area contributed by atoms with Crippen LogP contribution in [0.25, 0.3) is 0 Å². The number of carbonyl (C=O) groups is 2. The highest BCUT2D eigenvalue weighted by Gasteiger charge is 2.19. The van der Waals surface area contributed by atoms with E-state index in [1.807, 2.05) is 31.2 Å². The van der Waals surface area contributed by atoms with Crippen LogP contribution in [0, 0.1) is 0 Å². The largest absolute Gasteiger partial charge is 0.483 e. The number of hydrogen-bond acceptors (Lipinski definition) is 4. The summed E-state index contributed by atoms with van der Waals surface area (Å²) in [6.07, 6.45) is -0.252. The van der Waals surface area contributed by atoms with E-state index in [1.165, 1.54) is 0 Å². The van der Waals surface area contributed by atoms with Crippen LogP contribution in [0.15, 0.2) is 57.5 Å². The van der Waals surface area contributed by atoms with Gasteiger partial charge in [-0.3, -0.25) is 20.4 Å². The molecule has 0 aliphatic carbocycles. The highest BCUT2D eigenvalue weighted by atomic mass is 79.9. The Morgan fingerprint density at radius 1 is 1.08 bits per heavy atom.